The molecule has 2 aromatic carbocycles. The lowest BCUT2D eigenvalue weighted by atomic mass is 9.95. The molecule has 0 aromatic heterocycles. The van der Waals surface area contributed by atoms with E-state index in [2.05, 4.69) is 10.6 Å². The molecule has 0 spiro atoms. The van der Waals surface area contributed by atoms with Crippen molar-refractivity contribution in [3.63, 3.8) is 0 Å². The van der Waals surface area contributed by atoms with Gasteiger partial charge in [-0.3, -0.25) is 4.79 Å². The third-order valence-corrected chi connectivity index (χ3v) is 4.88. The molecule has 3 rings (SSSR count). The van der Waals surface area contributed by atoms with Gasteiger partial charge >= 0.3 is 0 Å². The molecular weight excluding hydrogens is 360 g/mol. The number of nitrogens with one attached hydrogen (secondary N) is 2. The second-order valence-corrected chi connectivity index (χ2v) is 7.02. The van der Waals surface area contributed by atoms with Crippen LogP contribution in [0.5, 0.6) is 5.75 Å². The van der Waals surface area contributed by atoms with Gasteiger partial charge in [0, 0.05) is 11.7 Å². The Kier molecular flexibility index (Phi) is 8.62. The number of anilines is 1. The van der Waals surface area contributed by atoms with Crippen LogP contribution in [0.2, 0.25) is 0 Å². The number of halogens is 1. The van der Waals surface area contributed by atoms with E-state index in [9.17, 15) is 4.79 Å². The van der Waals surface area contributed by atoms with Gasteiger partial charge in [0.05, 0.1) is 6.54 Å². The summed E-state index contributed by atoms with van der Waals surface area (Å²) < 4.78 is 5.83. The molecule has 1 aliphatic carbocycles. The van der Waals surface area contributed by atoms with Crippen LogP contribution in [0.4, 0.5) is 5.69 Å². The zero-order chi connectivity index (χ0) is 18.2. The number of aryl methyl sites for hydroxylation is 1. The van der Waals surface area contributed by atoms with Crippen LogP contribution in [0, 0.1) is 6.92 Å². The molecule has 2 N–H and O–H groups in total. The number of ether oxygens (including phenoxy) is 1. The predicted molar refractivity (Wildman–Crippen MR) is 113 cm³/mol. The van der Waals surface area contributed by atoms with Crippen LogP contribution in [-0.2, 0) is 11.4 Å². The van der Waals surface area contributed by atoms with Gasteiger partial charge in [0.1, 0.15) is 12.4 Å². The summed E-state index contributed by atoms with van der Waals surface area (Å²) in [6.07, 6.45) is 6.22. The summed E-state index contributed by atoms with van der Waals surface area (Å²) in [6, 6.07) is 16.4. The van der Waals surface area contributed by atoms with Crippen molar-refractivity contribution in [2.24, 2.45) is 0 Å². The van der Waals surface area contributed by atoms with Crippen molar-refractivity contribution < 1.29 is 9.53 Å². The molecule has 0 aliphatic heterocycles. The van der Waals surface area contributed by atoms with E-state index in [1.807, 2.05) is 55.5 Å². The summed E-state index contributed by atoms with van der Waals surface area (Å²) in [7, 11) is 0. The molecule has 0 bridgehead atoms. The van der Waals surface area contributed by atoms with Gasteiger partial charge in [-0.05, 0) is 49.1 Å². The maximum atomic E-state index is 12.2. The summed E-state index contributed by atoms with van der Waals surface area (Å²) in [4.78, 5) is 12.2. The van der Waals surface area contributed by atoms with Crippen molar-refractivity contribution in [3.05, 3.63) is 59.7 Å². The lowest BCUT2D eigenvalue weighted by molar-refractivity contribution is -0.115. The molecule has 0 heterocycles. The van der Waals surface area contributed by atoms with Gasteiger partial charge < -0.3 is 15.4 Å². The highest BCUT2D eigenvalue weighted by molar-refractivity contribution is 5.93. The summed E-state index contributed by atoms with van der Waals surface area (Å²) in [5.41, 5.74) is 2.98. The Labute approximate surface area is 168 Å². The molecular formula is C22H29ClN2O2. The van der Waals surface area contributed by atoms with Crippen LogP contribution >= 0.6 is 12.4 Å². The fourth-order valence-electron chi connectivity index (χ4n) is 3.35. The van der Waals surface area contributed by atoms with E-state index in [1.165, 1.54) is 32.1 Å². The molecule has 1 amide bonds. The quantitative estimate of drug-likeness (QED) is 0.712. The standard InChI is InChI=1S/C22H28N2O2.ClH/c1-17-14-20(26-16-18-8-4-2-5-9-18)12-13-21(17)24-22(25)15-23-19-10-6-3-7-11-19;/h2,4-5,8-9,12-14,19,23H,3,6-7,10-11,15-16H2,1H3,(H,24,25);1H. The molecule has 4 nitrogen and oxygen atoms in total. The molecule has 1 fully saturated rings. The summed E-state index contributed by atoms with van der Waals surface area (Å²) in [6.45, 7) is 2.90. The minimum atomic E-state index is 0. The molecule has 1 saturated carbocycles. The van der Waals surface area contributed by atoms with Gasteiger partial charge in [0.2, 0.25) is 5.91 Å². The van der Waals surface area contributed by atoms with Crippen molar-refractivity contribution >= 4 is 24.0 Å². The second-order valence-electron chi connectivity index (χ2n) is 7.02. The Morgan fingerprint density at radius 1 is 1.07 bits per heavy atom. The van der Waals surface area contributed by atoms with E-state index >= 15 is 0 Å². The molecule has 2 aromatic rings. The minimum absolute atomic E-state index is 0. The molecule has 5 heteroatoms. The number of hydrogen-bond donors (Lipinski definition) is 2. The Hall–Kier alpha value is -2.04. The molecule has 27 heavy (non-hydrogen) atoms. The van der Waals surface area contributed by atoms with Crippen LogP contribution in [0.25, 0.3) is 0 Å². The van der Waals surface area contributed by atoms with Gasteiger partial charge in [0.15, 0.2) is 0 Å². The Bertz CT molecular complexity index is 716. The number of carbonyl (C=O) groups is 1. The normalized spacial score (nSPS) is 14.3. The molecule has 0 unspecified atom stereocenters. The fourth-order valence-corrected chi connectivity index (χ4v) is 3.35. The number of amides is 1. The summed E-state index contributed by atoms with van der Waals surface area (Å²) in [5.74, 6) is 0.821. The number of hydrogen-bond acceptors (Lipinski definition) is 3. The smallest absolute Gasteiger partial charge is 0.238 e. The lowest BCUT2D eigenvalue weighted by Crippen LogP contribution is -2.37. The zero-order valence-corrected chi connectivity index (χ0v) is 16.7. The van der Waals surface area contributed by atoms with Crippen LogP contribution in [0.15, 0.2) is 48.5 Å². The summed E-state index contributed by atoms with van der Waals surface area (Å²) in [5, 5.41) is 6.37. The van der Waals surface area contributed by atoms with Gasteiger partial charge in [0.25, 0.3) is 0 Å². The molecule has 0 saturated heterocycles. The summed E-state index contributed by atoms with van der Waals surface area (Å²) >= 11 is 0. The Morgan fingerprint density at radius 2 is 1.81 bits per heavy atom. The second kappa shape index (κ2) is 11.0. The highest BCUT2D eigenvalue weighted by Crippen LogP contribution is 2.22. The van der Waals surface area contributed by atoms with Crippen molar-refractivity contribution in [3.8, 4) is 5.75 Å². The molecule has 0 radical (unpaired) electrons. The van der Waals surface area contributed by atoms with Crippen molar-refractivity contribution in [2.75, 3.05) is 11.9 Å². The van der Waals surface area contributed by atoms with Crippen molar-refractivity contribution in [2.45, 2.75) is 51.7 Å². The third-order valence-electron chi connectivity index (χ3n) is 4.88. The first-order valence-electron chi connectivity index (χ1n) is 9.51. The molecule has 146 valence electrons. The predicted octanol–water partition coefficient (Wildman–Crippen LogP) is 4.86. The SMILES string of the molecule is Cc1cc(OCc2ccccc2)ccc1NC(=O)CNC1CCCCC1.Cl. The molecule has 0 atom stereocenters. The monoisotopic (exact) mass is 388 g/mol. The van der Waals surface area contributed by atoms with E-state index in [1.54, 1.807) is 0 Å². The van der Waals surface area contributed by atoms with E-state index in [4.69, 9.17) is 4.74 Å². The van der Waals surface area contributed by atoms with E-state index < -0.39 is 0 Å². The van der Waals surface area contributed by atoms with Crippen LogP contribution in [-0.4, -0.2) is 18.5 Å². The highest BCUT2D eigenvalue weighted by Gasteiger charge is 2.14. The Morgan fingerprint density at radius 3 is 2.52 bits per heavy atom. The maximum absolute atomic E-state index is 12.2. The zero-order valence-electron chi connectivity index (χ0n) is 15.9. The lowest BCUT2D eigenvalue weighted by Gasteiger charge is -2.22. The van der Waals surface area contributed by atoms with Crippen molar-refractivity contribution in [1.29, 1.82) is 0 Å². The highest BCUT2D eigenvalue weighted by atomic mass is 35.5. The van der Waals surface area contributed by atoms with E-state index in [-0.39, 0.29) is 18.3 Å². The van der Waals surface area contributed by atoms with E-state index in [0.717, 1.165) is 22.6 Å². The van der Waals surface area contributed by atoms with Gasteiger partial charge in [-0.15, -0.1) is 12.4 Å². The maximum Gasteiger partial charge on any atom is 0.238 e. The first-order valence-corrected chi connectivity index (χ1v) is 9.51. The number of benzene rings is 2. The van der Waals surface area contributed by atoms with Crippen LogP contribution in [0.1, 0.15) is 43.2 Å². The van der Waals surface area contributed by atoms with Gasteiger partial charge in [-0.2, -0.15) is 0 Å². The average molecular weight is 389 g/mol. The van der Waals surface area contributed by atoms with Crippen LogP contribution in [0.3, 0.4) is 0 Å². The number of carbonyl (C=O) groups excluding carboxylic acids is 1. The first kappa shape index (κ1) is 21.3. The van der Waals surface area contributed by atoms with Crippen LogP contribution < -0.4 is 15.4 Å². The van der Waals surface area contributed by atoms with Crippen molar-refractivity contribution in [1.82, 2.24) is 5.32 Å². The van der Waals surface area contributed by atoms with Gasteiger partial charge in [-0.1, -0.05) is 49.6 Å². The molecule has 1 aliphatic rings. The minimum Gasteiger partial charge on any atom is -0.489 e. The third kappa shape index (κ3) is 6.89. The Balaban J connectivity index is 0.00000261. The number of rotatable bonds is 7. The topological polar surface area (TPSA) is 50.4 Å². The van der Waals surface area contributed by atoms with Gasteiger partial charge in [-0.25, -0.2) is 0 Å². The fraction of sp³-hybridized carbons (Fsp3) is 0.409. The average Bonchev–Trinajstić information content (AvgIpc) is 2.68. The van der Waals surface area contributed by atoms with E-state index in [0.29, 0.717) is 19.2 Å². The largest absolute Gasteiger partial charge is 0.489 e. The first-order chi connectivity index (χ1) is 12.7.